The maximum atomic E-state index is 13.2. The Kier molecular flexibility index (Phi) is 4.60. The number of likely N-dealkylation sites (tertiary alicyclic amines) is 1. The van der Waals surface area contributed by atoms with Crippen molar-refractivity contribution in [3.63, 3.8) is 0 Å². The van der Waals surface area contributed by atoms with Gasteiger partial charge in [0.05, 0.1) is 5.56 Å². The van der Waals surface area contributed by atoms with E-state index in [-0.39, 0.29) is 11.8 Å². The number of hydrogen-bond donors (Lipinski definition) is 0. The molecule has 1 aliphatic rings. The molecule has 1 atom stereocenters. The monoisotopic (exact) mass is 425 g/mol. The van der Waals surface area contributed by atoms with Gasteiger partial charge >= 0.3 is 6.18 Å². The van der Waals surface area contributed by atoms with Gasteiger partial charge in [-0.3, -0.25) is 14.2 Å². The van der Waals surface area contributed by atoms with Gasteiger partial charge in [-0.05, 0) is 36.4 Å². The molecule has 5 rings (SSSR count). The van der Waals surface area contributed by atoms with Gasteiger partial charge in [0, 0.05) is 36.8 Å². The molecule has 4 aromatic rings. The average molecular weight is 425 g/mol. The van der Waals surface area contributed by atoms with E-state index < -0.39 is 11.7 Å². The third-order valence-corrected chi connectivity index (χ3v) is 5.71. The van der Waals surface area contributed by atoms with Crippen molar-refractivity contribution >= 4 is 22.3 Å². The minimum absolute atomic E-state index is 0.189. The third-order valence-electron chi connectivity index (χ3n) is 5.71. The molecule has 3 aromatic heterocycles. The number of halogens is 3. The molecular formula is C22H18F3N5O. The number of benzene rings is 1. The predicted octanol–water partition coefficient (Wildman–Crippen LogP) is 4.32. The number of fused-ring (bicyclic) bond motifs is 2. The van der Waals surface area contributed by atoms with Gasteiger partial charge in [0.25, 0.3) is 5.91 Å². The highest BCUT2D eigenvalue weighted by Gasteiger charge is 2.33. The van der Waals surface area contributed by atoms with Crippen molar-refractivity contribution in [2.45, 2.75) is 24.9 Å². The molecular weight excluding hydrogens is 407 g/mol. The summed E-state index contributed by atoms with van der Waals surface area (Å²) < 4.78 is 40.9. The van der Waals surface area contributed by atoms with E-state index in [1.54, 1.807) is 11.1 Å². The van der Waals surface area contributed by atoms with Gasteiger partial charge in [0.15, 0.2) is 5.65 Å². The summed E-state index contributed by atoms with van der Waals surface area (Å²) in [6.07, 6.45) is -0.386. The molecule has 0 spiro atoms. The first-order chi connectivity index (χ1) is 14.9. The summed E-state index contributed by atoms with van der Waals surface area (Å²) in [6.45, 7) is 0.908. The zero-order valence-corrected chi connectivity index (χ0v) is 16.4. The Hall–Kier alpha value is -3.49. The lowest BCUT2D eigenvalue weighted by Gasteiger charge is -2.32. The van der Waals surface area contributed by atoms with Crippen LogP contribution in [0.1, 0.15) is 40.6 Å². The minimum atomic E-state index is -4.45. The van der Waals surface area contributed by atoms with E-state index in [2.05, 4.69) is 15.2 Å². The Labute approximate surface area is 175 Å². The second-order valence-electron chi connectivity index (χ2n) is 7.67. The Bertz CT molecular complexity index is 1280. The molecule has 0 saturated carbocycles. The normalized spacial score (nSPS) is 17.4. The first kappa shape index (κ1) is 19.5. The van der Waals surface area contributed by atoms with Crippen LogP contribution in [-0.2, 0) is 6.18 Å². The Morgan fingerprint density at radius 1 is 1.06 bits per heavy atom. The van der Waals surface area contributed by atoms with E-state index in [9.17, 15) is 18.0 Å². The highest BCUT2D eigenvalue weighted by molar-refractivity contribution is 6.05. The molecule has 6 nitrogen and oxygen atoms in total. The molecule has 0 radical (unpaired) electrons. The highest BCUT2D eigenvalue weighted by Crippen LogP contribution is 2.32. The lowest BCUT2D eigenvalue weighted by Crippen LogP contribution is -2.40. The summed E-state index contributed by atoms with van der Waals surface area (Å²) in [5, 5.41) is 9.87. The molecule has 0 N–H and O–H groups in total. The Morgan fingerprint density at radius 2 is 1.90 bits per heavy atom. The van der Waals surface area contributed by atoms with Gasteiger partial charge in [-0.2, -0.15) is 13.2 Å². The van der Waals surface area contributed by atoms with Gasteiger partial charge in [0.1, 0.15) is 11.5 Å². The minimum Gasteiger partial charge on any atom is -0.337 e. The predicted molar refractivity (Wildman–Crippen MR) is 108 cm³/mol. The fraction of sp³-hybridized carbons (Fsp3) is 0.273. The van der Waals surface area contributed by atoms with Gasteiger partial charge < -0.3 is 4.90 Å². The fourth-order valence-electron chi connectivity index (χ4n) is 4.17. The molecule has 1 amide bonds. The van der Waals surface area contributed by atoms with Crippen LogP contribution in [0.4, 0.5) is 13.2 Å². The fourth-order valence-corrected chi connectivity index (χ4v) is 4.17. The summed E-state index contributed by atoms with van der Waals surface area (Å²) >= 11 is 0. The van der Waals surface area contributed by atoms with Crippen LogP contribution in [0.3, 0.4) is 0 Å². The number of hydrogen-bond acceptors (Lipinski definition) is 4. The average Bonchev–Trinajstić information content (AvgIpc) is 3.21. The van der Waals surface area contributed by atoms with Crippen LogP contribution in [0, 0.1) is 0 Å². The zero-order chi connectivity index (χ0) is 21.6. The summed E-state index contributed by atoms with van der Waals surface area (Å²) in [5.41, 5.74) is -0.0314. The van der Waals surface area contributed by atoms with Gasteiger partial charge in [-0.1, -0.05) is 24.3 Å². The standard InChI is InChI=1S/C22H18F3N5O/c23-22(24,25)16-7-8-18-27-28-20(30(18)13-16)15-5-3-11-29(12-15)21(31)19-17-6-2-1-4-14(17)9-10-26-19/h1-2,4,6-10,13,15H,3,5,11-12H2. The Balaban J connectivity index is 1.46. The molecule has 0 aliphatic carbocycles. The number of amides is 1. The Morgan fingerprint density at radius 3 is 2.74 bits per heavy atom. The highest BCUT2D eigenvalue weighted by atomic mass is 19.4. The quantitative estimate of drug-likeness (QED) is 0.480. The van der Waals surface area contributed by atoms with Crippen LogP contribution in [-0.4, -0.2) is 43.5 Å². The molecule has 1 unspecified atom stereocenters. The number of piperidine rings is 1. The summed E-state index contributed by atoms with van der Waals surface area (Å²) in [6, 6.07) is 11.7. The van der Waals surface area contributed by atoms with E-state index in [0.29, 0.717) is 36.7 Å². The van der Waals surface area contributed by atoms with Crippen molar-refractivity contribution in [3.8, 4) is 0 Å². The molecule has 9 heteroatoms. The number of nitrogens with zero attached hydrogens (tertiary/aromatic N) is 5. The van der Waals surface area contributed by atoms with Crippen LogP contribution >= 0.6 is 0 Å². The number of carbonyl (C=O) groups is 1. The van der Waals surface area contributed by atoms with Crippen molar-refractivity contribution in [2.75, 3.05) is 13.1 Å². The maximum Gasteiger partial charge on any atom is 0.417 e. The van der Waals surface area contributed by atoms with Gasteiger partial charge in [-0.15, -0.1) is 10.2 Å². The van der Waals surface area contributed by atoms with Crippen LogP contribution < -0.4 is 0 Å². The number of alkyl halides is 3. The van der Waals surface area contributed by atoms with E-state index in [4.69, 9.17) is 0 Å². The van der Waals surface area contributed by atoms with E-state index in [0.717, 1.165) is 29.5 Å². The first-order valence-corrected chi connectivity index (χ1v) is 9.97. The van der Waals surface area contributed by atoms with Crippen molar-refractivity contribution in [1.82, 2.24) is 24.5 Å². The molecule has 0 bridgehead atoms. The van der Waals surface area contributed by atoms with Crippen LogP contribution in [0.5, 0.6) is 0 Å². The molecule has 1 saturated heterocycles. The van der Waals surface area contributed by atoms with Crippen molar-refractivity contribution in [2.24, 2.45) is 0 Å². The second-order valence-corrected chi connectivity index (χ2v) is 7.67. The van der Waals surface area contributed by atoms with E-state index in [1.165, 1.54) is 10.5 Å². The topological polar surface area (TPSA) is 63.4 Å². The molecule has 158 valence electrons. The van der Waals surface area contributed by atoms with E-state index >= 15 is 0 Å². The van der Waals surface area contributed by atoms with Crippen LogP contribution in [0.15, 0.2) is 54.9 Å². The summed E-state index contributed by atoms with van der Waals surface area (Å²) in [5.74, 6) is 0.0296. The van der Waals surface area contributed by atoms with E-state index in [1.807, 2.05) is 30.3 Å². The van der Waals surface area contributed by atoms with Crippen LogP contribution in [0.25, 0.3) is 16.4 Å². The lowest BCUT2D eigenvalue weighted by atomic mass is 9.96. The van der Waals surface area contributed by atoms with Crippen molar-refractivity contribution in [3.05, 3.63) is 71.9 Å². The number of rotatable bonds is 2. The zero-order valence-electron chi connectivity index (χ0n) is 16.4. The number of carbonyl (C=O) groups excluding carboxylic acids is 1. The smallest absolute Gasteiger partial charge is 0.337 e. The van der Waals surface area contributed by atoms with Crippen molar-refractivity contribution in [1.29, 1.82) is 0 Å². The largest absolute Gasteiger partial charge is 0.417 e. The van der Waals surface area contributed by atoms with Gasteiger partial charge in [-0.25, -0.2) is 0 Å². The first-order valence-electron chi connectivity index (χ1n) is 9.97. The summed E-state index contributed by atoms with van der Waals surface area (Å²) in [4.78, 5) is 19.3. The summed E-state index contributed by atoms with van der Waals surface area (Å²) in [7, 11) is 0. The second kappa shape index (κ2) is 7.33. The third kappa shape index (κ3) is 3.49. The molecule has 4 heterocycles. The number of pyridine rings is 2. The SMILES string of the molecule is O=C(c1nccc2ccccc12)N1CCCC(c2nnc3ccc(C(F)(F)F)cn23)C1. The van der Waals surface area contributed by atoms with Gasteiger partial charge in [0.2, 0.25) is 0 Å². The number of aromatic nitrogens is 4. The molecule has 31 heavy (non-hydrogen) atoms. The molecule has 1 aliphatic heterocycles. The maximum absolute atomic E-state index is 13.2. The lowest BCUT2D eigenvalue weighted by molar-refractivity contribution is -0.137. The van der Waals surface area contributed by atoms with Crippen LogP contribution in [0.2, 0.25) is 0 Å². The molecule has 1 fully saturated rings. The van der Waals surface area contributed by atoms with Crippen molar-refractivity contribution < 1.29 is 18.0 Å². The molecule has 1 aromatic carbocycles.